The van der Waals surface area contributed by atoms with E-state index in [4.69, 9.17) is 11.6 Å². The molecule has 2 aliphatic rings. The Labute approximate surface area is 183 Å². The van der Waals surface area contributed by atoms with Crippen molar-refractivity contribution in [2.24, 2.45) is 0 Å². The molecule has 0 spiro atoms. The number of amides is 1. The number of carbonyl (C=O) groups is 1. The predicted octanol–water partition coefficient (Wildman–Crippen LogP) is 4.23. The van der Waals surface area contributed by atoms with Gasteiger partial charge in [0, 0.05) is 50.0 Å². The van der Waals surface area contributed by atoms with Crippen LogP contribution in [0.5, 0.6) is 0 Å². The maximum atomic E-state index is 13.2. The summed E-state index contributed by atoms with van der Waals surface area (Å²) in [7, 11) is 0. The number of piperazine rings is 1. The molecule has 1 saturated carbocycles. The molecule has 0 bridgehead atoms. The van der Waals surface area contributed by atoms with E-state index in [-0.39, 0.29) is 11.7 Å². The van der Waals surface area contributed by atoms with Crippen molar-refractivity contribution >= 4 is 23.2 Å². The van der Waals surface area contributed by atoms with Gasteiger partial charge >= 0.3 is 0 Å². The van der Waals surface area contributed by atoms with Gasteiger partial charge in [0.15, 0.2) is 0 Å². The summed E-state index contributed by atoms with van der Waals surface area (Å²) in [5.74, 6) is -0.0565. The van der Waals surface area contributed by atoms with Crippen LogP contribution in [0.2, 0.25) is 5.02 Å². The molecule has 0 unspecified atom stereocenters. The number of rotatable bonds is 6. The Hall–Kier alpha value is -2.11. The van der Waals surface area contributed by atoms with Gasteiger partial charge in [0.05, 0.1) is 5.41 Å². The SMILES string of the molecule is O=C(NCCN1CCN(c2ccc(F)cc2)CC1)C1(c2ccc(Cl)cc2)CCCC1. The monoisotopic (exact) mass is 429 g/mol. The lowest BCUT2D eigenvalue weighted by molar-refractivity contribution is -0.126. The third-order valence-electron chi connectivity index (χ3n) is 6.57. The van der Waals surface area contributed by atoms with Crippen molar-refractivity contribution in [1.29, 1.82) is 0 Å². The summed E-state index contributed by atoms with van der Waals surface area (Å²) in [6, 6.07) is 14.5. The van der Waals surface area contributed by atoms with E-state index in [9.17, 15) is 9.18 Å². The van der Waals surface area contributed by atoms with Crippen LogP contribution in [0.4, 0.5) is 10.1 Å². The van der Waals surface area contributed by atoms with Gasteiger partial charge in [0.1, 0.15) is 5.82 Å². The Morgan fingerprint density at radius 3 is 2.23 bits per heavy atom. The van der Waals surface area contributed by atoms with Crippen molar-refractivity contribution in [1.82, 2.24) is 10.2 Å². The lowest BCUT2D eigenvalue weighted by Crippen LogP contribution is -2.50. The first-order valence-corrected chi connectivity index (χ1v) is 11.2. The third kappa shape index (κ3) is 4.62. The number of benzene rings is 2. The quantitative estimate of drug-likeness (QED) is 0.746. The molecular formula is C24H29ClFN3O. The Morgan fingerprint density at radius 2 is 1.60 bits per heavy atom. The lowest BCUT2D eigenvalue weighted by atomic mass is 9.78. The van der Waals surface area contributed by atoms with Crippen LogP contribution >= 0.6 is 11.6 Å². The lowest BCUT2D eigenvalue weighted by Gasteiger charge is -2.36. The van der Waals surface area contributed by atoms with E-state index in [1.165, 1.54) is 12.1 Å². The number of carbonyl (C=O) groups excluding carboxylic acids is 1. The molecule has 0 atom stereocenters. The second-order valence-electron chi connectivity index (χ2n) is 8.36. The number of halogens is 2. The summed E-state index contributed by atoms with van der Waals surface area (Å²) in [4.78, 5) is 17.8. The van der Waals surface area contributed by atoms with Crippen LogP contribution in [-0.2, 0) is 10.2 Å². The second kappa shape index (κ2) is 9.36. The van der Waals surface area contributed by atoms with E-state index in [2.05, 4.69) is 15.1 Å². The fourth-order valence-electron chi connectivity index (χ4n) is 4.77. The fraction of sp³-hybridized carbons (Fsp3) is 0.458. The average molecular weight is 430 g/mol. The Bertz CT molecular complexity index is 842. The van der Waals surface area contributed by atoms with Crippen molar-refractivity contribution in [3.05, 3.63) is 64.9 Å². The summed E-state index contributed by atoms with van der Waals surface area (Å²) < 4.78 is 13.1. The van der Waals surface area contributed by atoms with Gasteiger partial charge in [-0.1, -0.05) is 36.6 Å². The zero-order chi connectivity index (χ0) is 21.0. The summed E-state index contributed by atoms with van der Waals surface area (Å²) in [5.41, 5.74) is 1.73. The smallest absolute Gasteiger partial charge is 0.230 e. The van der Waals surface area contributed by atoms with Gasteiger partial charge in [-0.25, -0.2) is 4.39 Å². The Kier molecular flexibility index (Phi) is 6.59. The summed E-state index contributed by atoms with van der Waals surface area (Å²) in [6.07, 6.45) is 3.97. The topological polar surface area (TPSA) is 35.6 Å². The van der Waals surface area contributed by atoms with Crippen LogP contribution < -0.4 is 10.2 Å². The van der Waals surface area contributed by atoms with Gasteiger partial charge in [0.25, 0.3) is 0 Å². The zero-order valence-electron chi connectivity index (χ0n) is 17.2. The molecule has 0 aromatic heterocycles. The maximum Gasteiger partial charge on any atom is 0.230 e. The minimum absolute atomic E-state index is 0.146. The van der Waals surface area contributed by atoms with E-state index in [1.807, 2.05) is 36.4 Å². The standard InChI is InChI=1S/C24H29ClFN3O/c25-20-5-3-19(4-6-20)24(11-1-2-12-24)23(30)27-13-14-28-15-17-29(18-16-28)22-9-7-21(26)8-10-22/h3-10H,1-2,11-18H2,(H,27,30). The highest BCUT2D eigenvalue weighted by Gasteiger charge is 2.42. The van der Waals surface area contributed by atoms with E-state index in [0.29, 0.717) is 11.6 Å². The molecule has 1 amide bonds. The van der Waals surface area contributed by atoms with Gasteiger partial charge < -0.3 is 10.2 Å². The molecule has 4 nitrogen and oxygen atoms in total. The van der Waals surface area contributed by atoms with E-state index < -0.39 is 5.41 Å². The van der Waals surface area contributed by atoms with Crippen molar-refractivity contribution in [3.8, 4) is 0 Å². The largest absolute Gasteiger partial charge is 0.369 e. The van der Waals surface area contributed by atoms with Crippen LogP contribution in [-0.4, -0.2) is 50.1 Å². The molecule has 0 radical (unpaired) electrons. The highest BCUT2D eigenvalue weighted by Crippen LogP contribution is 2.41. The first-order chi connectivity index (χ1) is 14.6. The molecular weight excluding hydrogens is 401 g/mol. The molecule has 30 heavy (non-hydrogen) atoms. The molecule has 2 fully saturated rings. The fourth-order valence-corrected chi connectivity index (χ4v) is 4.90. The van der Waals surface area contributed by atoms with Crippen molar-refractivity contribution in [3.63, 3.8) is 0 Å². The van der Waals surface area contributed by atoms with Gasteiger partial charge in [0.2, 0.25) is 5.91 Å². The van der Waals surface area contributed by atoms with Gasteiger partial charge in [-0.3, -0.25) is 9.69 Å². The summed E-state index contributed by atoms with van der Waals surface area (Å²) >= 11 is 6.04. The van der Waals surface area contributed by atoms with E-state index in [1.54, 1.807) is 0 Å². The number of nitrogens with zero attached hydrogens (tertiary/aromatic N) is 2. The van der Waals surface area contributed by atoms with Crippen LogP contribution in [0.3, 0.4) is 0 Å². The van der Waals surface area contributed by atoms with Gasteiger partial charge in [-0.2, -0.15) is 0 Å². The highest BCUT2D eigenvalue weighted by atomic mass is 35.5. The molecule has 2 aromatic carbocycles. The van der Waals surface area contributed by atoms with Crippen LogP contribution in [0.1, 0.15) is 31.2 Å². The molecule has 1 aliphatic carbocycles. The average Bonchev–Trinajstić information content (AvgIpc) is 3.27. The normalized spacial score (nSPS) is 19.1. The first kappa shape index (κ1) is 21.1. The predicted molar refractivity (Wildman–Crippen MR) is 120 cm³/mol. The Morgan fingerprint density at radius 1 is 0.967 bits per heavy atom. The maximum absolute atomic E-state index is 13.2. The molecule has 1 N–H and O–H groups in total. The molecule has 1 heterocycles. The Balaban J connectivity index is 1.27. The van der Waals surface area contributed by atoms with Crippen LogP contribution in [0.25, 0.3) is 0 Å². The highest BCUT2D eigenvalue weighted by molar-refractivity contribution is 6.30. The molecule has 160 valence electrons. The minimum Gasteiger partial charge on any atom is -0.369 e. The second-order valence-corrected chi connectivity index (χ2v) is 8.79. The summed E-state index contributed by atoms with van der Waals surface area (Å²) in [5, 5.41) is 3.91. The van der Waals surface area contributed by atoms with Crippen molar-refractivity contribution < 1.29 is 9.18 Å². The minimum atomic E-state index is -0.411. The first-order valence-electron chi connectivity index (χ1n) is 10.8. The van der Waals surface area contributed by atoms with Crippen LogP contribution in [0.15, 0.2) is 48.5 Å². The third-order valence-corrected chi connectivity index (χ3v) is 6.82. The molecule has 4 rings (SSSR count). The molecule has 2 aromatic rings. The van der Waals surface area contributed by atoms with E-state index in [0.717, 1.165) is 69.7 Å². The zero-order valence-corrected chi connectivity index (χ0v) is 18.0. The molecule has 1 aliphatic heterocycles. The number of nitrogens with one attached hydrogen (secondary N) is 1. The van der Waals surface area contributed by atoms with E-state index >= 15 is 0 Å². The van der Waals surface area contributed by atoms with Crippen molar-refractivity contribution in [2.45, 2.75) is 31.1 Å². The van der Waals surface area contributed by atoms with Gasteiger partial charge in [-0.05, 0) is 54.8 Å². The number of hydrogen-bond donors (Lipinski definition) is 1. The van der Waals surface area contributed by atoms with Crippen LogP contribution in [0, 0.1) is 5.82 Å². The summed E-state index contributed by atoms with van der Waals surface area (Å²) in [6.45, 7) is 5.21. The van der Waals surface area contributed by atoms with Gasteiger partial charge in [-0.15, -0.1) is 0 Å². The number of hydrogen-bond acceptors (Lipinski definition) is 3. The van der Waals surface area contributed by atoms with Crippen molar-refractivity contribution in [2.75, 3.05) is 44.2 Å². The molecule has 6 heteroatoms. The molecule has 1 saturated heterocycles. The number of anilines is 1.